The molecule has 1 aromatic carbocycles. The Kier molecular flexibility index (Phi) is 5.10. The number of hydrogen-bond acceptors (Lipinski definition) is 4. The van der Waals surface area contributed by atoms with Crippen molar-refractivity contribution in [3.8, 4) is 11.5 Å². The zero-order chi connectivity index (χ0) is 16.8. The molecule has 0 aliphatic rings. The normalized spacial score (nSPS) is 16.1. The quantitative estimate of drug-likeness (QED) is 0.673. The van der Waals surface area contributed by atoms with Crippen molar-refractivity contribution in [2.45, 2.75) is 26.0 Å². The molecule has 0 aliphatic heterocycles. The van der Waals surface area contributed by atoms with E-state index >= 15 is 0 Å². The van der Waals surface area contributed by atoms with Crippen LogP contribution in [0.1, 0.15) is 18.0 Å². The first kappa shape index (κ1) is 11.3. The summed E-state index contributed by atoms with van der Waals surface area (Å²) in [5.41, 5.74) is 0. The lowest BCUT2D eigenvalue weighted by molar-refractivity contribution is 0.102. The fraction of sp³-hybridized carbons (Fsp3) is 0.467. The smallest absolute Gasteiger partial charge is 0.161 e. The number of benzene rings is 1. The third kappa shape index (κ3) is 6.27. The van der Waals surface area contributed by atoms with Gasteiger partial charge in [0.1, 0.15) is 19.3 Å². The summed E-state index contributed by atoms with van der Waals surface area (Å²) in [5, 5.41) is 12.9. The van der Waals surface area contributed by atoms with Crippen LogP contribution in [-0.4, -0.2) is 37.0 Å². The molecular formula is C15H23NO3. The molecule has 1 rings (SSSR count). The summed E-state index contributed by atoms with van der Waals surface area (Å²) >= 11 is 0. The summed E-state index contributed by atoms with van der Waals surface area (Å²) in [5.74, 6) is 0.506. The van der Waals surface area contributed by atoms with Gasteiger partial charge < -0.3 is 19.9 Å². The average Bonchev–Trinajstić information content (AvgIpc) is 2.44. The van der Waals surface area contributed by atoms with Crippen molar-refractivity contribution in [3.05, 3.63) is 36.9 Å². The van der Waals surface area contributed by atoms with Crippen molar-refractivity contribution in [2.24, 2.45) is 0 Å². The SMILES string of the molecule is [2H]c1cc(OCC=C)c(OCC([2H])(O)CNC(C)C)cc1[2H]. The van der Waals surface area contributed by atoms with Gasteiger partial charge in [-0.1, -0.05) is 38.6 Å². The topological polar surface area (TPSA) is 50.7 Å². The molecule has 0 spiro atoms. The molecule has 0 aliphatic carbocycles. The summed E-state index contributed by atoms with van der Waals surface area (Å²) in [7, 11) is 0. The Morgan fingerprint density at radius 3 is 2.63 bits per heavy atom. The highest BCUT2D eigenvalue weighted by Gasteiger charge is 2.08. The number of hydrogen-bond donors (Lipinski definition) is 2. The lowest BCUT2D eigenvalue weighted by Gasteiger charge is -2.16. The maximum atomic E-state index is 9.95. The Morgan fingerprint density at radius 2 is 2.05 bits per heavy atom. The fourth-order valence-electron chi connectivity index (χ4n) is 1.27. The summed E-state index contributed by atoms with van der Waals surface area (Å²) in [6, 6.07) is 2.85. The maximum Gasteiger partial charge on any atom is 0.161 e. The molecule has 4 heteroatoms. The van der Waals surface area contributed by atoms with Crippen molar-refractivity contribution >= 4 is 0 Å². The van der Waals surface area contributed by atoms with Gasteiger partial charge in [-0.2, -0.15) is 0 Å². The highest BCUT2D eigenvalue weighted by Crippen LogP contribution is 2.26. The third-order valence-corrected chi connectivity index (χ3v) is 2.20. The average molecular weight is 268 g/mol. The Bertz CT molecular complexity index is 507. The zero-order valence-electron chi connectivity index (χ0n) is 14.4. The zero-order valence-corrected chi connectivity index (χ0v) is 11.4. The van der Waals surface area contributed by atoms with Gasteiger partial charge in [0.05, 0.1) is 4.11 Å². The van der Waals surface area contributed by atoms with Crippen LogP contribution in [0.2, 0.25) is 0 Å². The molecule has 1 aromatic rings. The van der Waals surface area contributed by atoms with Crippen LogP contribution in [0.15, 0.2) is 36.9 Å². The van der Waals surface area contributed by atoms with E-state index in [-0.39, 0.29) is 49.4 Å². The fourth-order valence-corrected chi connectivity index (χ4v) is 1.27. The summed E-state index contributed by atoms with van der Waals surface area (Å²) in [4.78, 5) is 0. The van der Waals surface area contributed by atoms with E-state index < -0.39 is 6.08 Å². The van der Waals surface area contributed by atoms with Crippen molar-refractivity contribution in [1.29, 1.82) is 0 Å². The predicted octanol–water partition coefficient (Wildman–Crippen LogP) is 1.99. The first-order valence-electron chi connectivity index (χ1n) is 7.68. The maximum absolute atomic E-state index is 9.95. The van der Waals surface area contributed by atoms with Gasteiger partial charge in [0.2, 0.25) is 0 Å². The highest BCUT2D eigenvalue weighted by atomic mass is 16.5. The van der Waals surface area contributed by atoms with Gasteiger partial charge in [0.25, 0.3) is 0 Å². The minimum Gasteiger partial charge on any atom is -0.487 e. The van der Waals surface area contributed by atoms with Gasteiger partial charge in [-0.05, 0) is 12.1 Å². The van der Waals surface area contributed by atoms with Crippen LogP contribution in [0, 0.1) is 0 Å². The minimum absolute atomic E-state index is 0.00835. The number of para-hydroxylation sites is 2. The largest absolute Gasteiger partial charge is 0.487 e. The number of nitrogens with one attached hydrogen (secondary N) is 1. The van der Waals surface area contributed by atoms with E-state index in [4.69, 9.17) is 13.6 Å². The van der Waals surface area contributed by atoms with Crippen molar-refractivity contribution < 1.29 is 18.7 Å². The van der Waals surface area contributed by atoms with Crippen LogP contribution in [0.5, 0.6) is 11.5 Å². The molecular weight excluding hydrogens is 242 g/mol. The second kappa shape index (κ2) is 8.56. The Morgan fingerprint density at radius 1 is 1.42 bits per heavy atom. The molecule has 19 heavy (non-hydrogen) atoms. The van der Waals surface area contributed by atoms with E-state index in [1.165, 1.54) is 12.1 Å². The van der Waals surface area contributed by atoms with Gasteiger partial charge in [-0.25, -0.2) is 0 Å². The molecule has 0 fully saturated rings. The van der Waals surface area contributed by atoms with Gasteiger partial charge in [-0.15, -0.1) is 0 Å². The molecule has 4 nitrogen and oxygen atoms in total. The molecule has 0 saturated carbocycles. The van der Waals surface area contributed by atoms with E-state index in [1.807, 2.05) is 13.8 Å². The molecule has 2 N–H and O–H groups in total. The lowest BCUT2D eigenvalue weighted by atomic mass is 10.3. The Hall–Kier alpha value is -1.52. The second-order valence-corrected chi connectivity index (χ2v) is 4.30. The summed E-state index contributed by atoms with van der Waals surface area (Å²) in [6.45, 7) is 7.37. The minimum atomic E-state index is -1.80. The highest BCUT2D eigenvalue weighted by molar-refractivity contribution is 5.39. The first-order valence-corrected chi connectivity index (χ1v) is 6.18. The van der Waals surface area contributed by atoms with E-state index in [0.29, 0.717) is 0 Å². The summed E-state index contributed by atoms with van der Waals surface area (Å²) < 4.78 is 33.9. The third-order valence-electron chi connectivity index (χ3n) is 2.20. The molecule has 1 atom stereocenters. The van der Waals surface area contributed by atoms with E-state index in [1.54, 1.807) is 6.08 Å². The lowest BCUT2D eigenvalue weighted by Crippen LogP contribution is -2.35. The number of rotatable bonds is 9. The van der Waals surface area contributed by atoms with Crippen molar-refractivity contribution in [2.75, 3.05) is 19.8 Å². The van der Waals surface area contributed by atoms with Crippen LogP contribution < -0.4 is 14.8 Å². The van der Waals surface area contributed by atoms with E-state index in [0.717, 1.165) is 0 Å². The monoisotopic (exact) mass is 268 g/mol. The number of ether oxygens (including phenoxy) is 2. The van der Waals surface area contributed by atoms with Crippen molar-refractivity contribution in [1.82, 2.24) is 5.32 Å². The Labute approximate surface area is 119 Å². The van der Waals surface area contributed by atoms with Crippen LogP contribution >= 0.6 is 0 Å². The molecule has 0 heterocycles. The molecule has 106 valence electrons. The predicted molar refractivity (Wildman–Crippen MR) is 76.8 cm³/mol. The van der Waals surface area contributed by atoms with Gasteiger partial charge in [-0.3, -0.25) is 0 Å². The van der Waals surface area contributed by atoms with Crippen LogP contribution in [0.25, 0.3) is 0 Å². The van der Waals surface area contributed by atoms with E-state index in [9.17, 15) is 5.11 Å². The summed E-state index contributed by atoms with van der Waals surface area (Å²) in [6.07, 6.45) is -0.253. The molecule has 0 amide bonds. The molecule has 0 radical (unpaired) electrons. The van der Waals surface area contributed by atoms with Crippen LogP contribution in [0.3, 0.4) is 0 Å². The Balaban J connectivity index is 2.78. The van der Waals surface area contributed by atoms with Gasteiger partial charge in [0.15, 0.2) is 11.5 Å². The second-order valence-electron chi connectivity index (χ2n) is 4.30. The first-order chi connectivity index (χ1) is 10.2. The van der Waals surface area contributed by atoms with Crippen LogP contribution in [-0.2, 0) is 0 Å². The van der Waals surface area contributed by atoms with Crippen molar-refractivity contribution in [3.63, 3.8) is 0 Å². The molecule has 1 unspecified atom stereocenters. The molecule has 0 saturated heterocycles. The standard InChI is InChI=1S/C15H23NO3/c1-4-9-18-14-7-5-6-8-15(14)19-11-13(17)10-16-12(2)3/h4-8,12-13,16-17H,1,9-11H2,2-3H3/i5D,6D,13D. The van der Waals surface area contributed by atoms with E-state index in [2.05, 4.69) is 11.9 Å². The number of aliphatic hydroxyl groups is 1. The molecule has 0 aromatic heterocycles. The van der Waals surface area contributed by atoms with Crippen LogP contribution in [0.4, 0.5) is 0 Å². The van der Waals surface area contributed by atoms with Gasteiger partial charge in [0, 0.05) is 12.6 Å². The molecule has 0 bridgehead atoms. The van der Waals surface area contributed by atoms with Gasteiger partial charge >= 0.3 is 0 Å².